The largest absolute Gasteiger partial charge is 0.418 e. The van der Waals surface area contributed by atoms with Gasteiger partial charge in [-0.05, 0) is 31.9 Å². The molecule has 0 unspecified atom stereocenters. The minimum absolute atomic E-state index is 0.00233. The number of hydrogen-bond donors (Lipinski definition) is 5. The van der Waals surface area contributed by atoms with E-state index in [0.717, 1.165) is 6.07 Å². The van der Waals surface area contributed by atoms with Crippen LogP contribution in [0.5, 0.6) is 0 Å². The lowest BCUT2D eigenvalue weighted by Gasteiger charge is -2.31. The molecule has 1 aromatic carbocycles. The Morgan fingerprint density at radius 3 is 2.75 bits per heavy atom. The first-order valence-electron chi connectivity index (χ1n) is 12.5. The summed E-state index contributed by atoms with van der Waals surface area (Å²) in [6, 6.07) is 2.06. The van der Waals surface area contributed by atoms with Gasteiger partial charge in [-0.3, -0.25) is 20.2 Å². The Morgan fingerprint density at radius 2 is 2.08 bits per heavy atom. The quantitative estimate of drug-likeness (QED) is 0.300. The molecular formula is C26H30F3N9O2. The molecule has 1 aromatic heterocycles. The number of benzene rings is 1. The van der Waals surface area contributed by atoms with Crippen LogP contribution >= 0.6 is 0 Å². The number of amides is 1. The van der Waals surface area contributed by atoms with Crippen LogP contribution in [0.15, 0.2) is 52.0 Å². The standard InChI is InChI=1S/C26H30F3N9O2/c1-15(13-33-6-4-5-31-2)34-23-21(25(39)37-19(14-32-3)22(23)30)24-35-17-11-16(26(27,28)29)20(12-18(17)36-24)38-7-9-40-10-8-38/h4-6,11-12,14-15,30,32,34H,2,7-10,13H2,1,3H3,(H,35,36)(H,37,39)/b5-4-,19-14+,30-22?,33-6-/t15-/m0/s1. The van der Waals surface area contributed by atoms with E-state index in [1.54, 1.807) is 24.2 Å². The fraction of sp³-hybridized carbons (Fsp3) is 0.346. The molecule has 5 N–H and O–H groups in total. The Bertz CT molecular complexity index is 1420. The van der Waals surface area contributed by atoms with Gasteiger partial charge in [-0.1, -0.05) is 0 Å². The third-order valence-corrected chi connectivity index (χ3v) is 6.18. The van der Waals surface area contributed by atoms with Crippen molar-refractivity contribution in [2.24, 2.45) is 9.98 Å². The van der Waals surface area contributed by atoms with Gasteiger partial charge in [-0.15, -0.1) is 0 Å². The number of anilines is 1. The normalized spacial score (nSPS) is 18.7. The monoisotopic (exact) mass is 557 g/mol. The van der Waals surface area contributed by atoms with E-state index in [9.17, 15) is 18.0 Å². The molecule has 1 fully saturated rings. The van der Waals surface area contributed by atoms with E-state index < -0.39 is 17.6 Å². The van der Waals surface area contributed by atoms with Crippen LogP contribution in [0, 0.1) is 5.41 Å². The third-order valence-electron chi connectivity index (χ3n) is 6.18. The number of alkyl halides is 3. The number of halogens is 3. The maximum Gasteiger partial charge on any atom is 0.418 e. The van der Waals surface area contributed by atoms with Crippen molar-refractivity contribution in [2.75, 3.05) is 44.8 Å². The second-order valence-electron chi connectivity index (χ2n) is 9.08. The molecule has 1 saturated heterocycles. The Morgan fingerprint density at radius 1 is 1.32 bits per heavy atom. The summed E-state index contributed by atoms with van der Waals surface area (Å²) < 4.78 is 47.5. The predicted molar refractivity (Wildman–Crippen MR) is 149 cm³/mol. The summed E-state index contributed by atoms with van der Waals surface area (Å²) in [5.41, 5.74) is -0.0738. The zero-order chi connectivity index (χ0) is 28.9. The Balaban J connectivity index is 1.79. The van der Waals surface area contributed by atoms with Gasteiger partial charge >= 0.3 is 6.18 Å². The molecule has 0 radical (unpaired) electrons. The summed E-state index contributed by atoms with van der Waals surface area (Å²) in [6.07, 6.45) is 1.50. The molecule has 4 rings (SSSR count). The zero-order valence-corrected chi connectivity index (χ0v) is 22.0. The van der Waals surface area contributed by atoms with Gasteiger partial charge in [0.25, 0.3) is 5.91 Å². The minimum atomic E-state index is -4.61. The van der Waals surface area contributed by atoms with Gasteiger partial charge in [-0.25, -0.2) is 4.98 Å². The van der Waals surface area contributed by atoms with E-state index >= 15 is 0 Å². The molecule has 1 atom stereocenters. The van der Waals surface area contributed by atoms with Crippen LogP contribution in [-0.4, -0.2) is 80.5 Å². The lowest BCUT2D eigenvalue weighted by molar-refractivity contribution is -0.137. The fourth-order valence-corrected chi connectivity index (χ4v) is 4.37. The van der Waals surface area contributed by atoms with Crippen LogP contribution in [0.1, 0.15) is 18.3 Å². The molecule has 0 bridgehead atoms. The van der Waals surface area contributed by atoms with Crippen molar-refractivity contribution >= 4 is 46.8 Å². The fourth-order valence-electron chi connectivity index (χ4n) is 4.37. The minimum Gasteiger partial charge on any atom is -0.392 e. The van der Waals surface area contributed by atoms with Crippen molar-refractivity contribution in [2.45, 2.75) is 19.1 Å². The van der Waals surface area contributed by atoms with Crippen molar-refractivity contribution < 1.29 is 22.7 Å². The van der Waals surface area contributed by atoms with Crippen molar-refractivity contribution in [1.29, 1.82) is 5.41 Å². The first kappa shape index (κ1) is 28.5. The SMILES string of the molecule is C=N/C=C\C=N/C[C@H](C)NC1=C(c2nc3cc(C(F)(F)F)c(N4CCOCC4)cc3[nH]2)C(=O)N/C(=C/NC)C1=N. The molecule has 3 heterocycles. The average molecular weight is 558 g/mol. The summed E-state index contributed by atoms with van der Waals surface area (Å²) >= 11 is 0. The summed E-state index contributed by atoms with van der Waals surface area (Å²) in [6.45, 7) is 6.74. The predicted octanol–water partition coefficient (Wildman–Crippen LogP) is 2.60. The van der Waals surface area contributed by atoms with Gasteiger partial charge in [-0.2, -0.15) is 13.2 Å². The smallest absolute Gasteiger partial charge is 0.392 e. The van der Waals surface area contributed by atoms with Gasteiger partial charge in [0.2, 0.25) is 0 Å². The first-order chi connectivity index (χ1) is 19.1. The van der Waals surface area contributed by atoms with Crippen LogP contribution in [0.4, 0.5) is 18.9 Å². The number of nitrogens with zero attached hydrogens (tertiary/aromatic N) is 4. The van der Waals surface area contributed by atoms with E-state index in [1.807, 2.05) is 6.92 Å². The molecule has 0 spiro atoms. The van der Waals surface area contributed by atoms with Gasteiger partial charge in [0.15, 0.2) is 0 Å². The Labute approximate surface area is 228 Å². The Hall–Kier alpha value is -4.46. The number of hydrogen-bond acceptors (Lipinski definition) is 9. The van der Waals surface area contributed by atoms with Crippen molar-refractivity contribution in [3.63, 3.8) is 0 Å². The number of carbonyl (C=O) groups excluding carboxylic acids is 1. The highest BCUT2D eigenvalue weighted by molar-refractivity contribution is 6.33. The number of H-pyrrole nitrogens is 1. The number of rotatable bonds is 9. The average Bonchev–Trinajstić information content (AvgIpc) is 3.33. The molecule has 0 aliphatic carbocycles. The summed E-state index contributed by atoms with van der Waals surface area (Å²) in [7, 11) is 1.63. The summed E-state index contributed by atoms with van der Waals surface area (Å²) in [4.78, 5) is 30.1. The van der Waals surface area contributed by atoms with E-state index in [4.69, 9.17) is 10.1 Å². The van der Waals surface area contributed by atoms with Crippen LogP contribution in [0.2, 0.25) is 0 Å². The van der Waals surface area contributed by atoms with E-state index in [-0.39, 0.29) is 45.7 Å². The second kappa shape index (κ2) is 12.2. The topological polar surface area (TPSA) is 143 Å². The van der Waals surface area contributed by atoms with Gasteiger partial charge < -0.3 is 30.6 Å². The first-order valence-corrected chi connectivity index (χ1v) is 12.5. The van der Waals surface area contributed by atoms with Crippen LogP contribution < -0.4 is 20.9 Å². The van der Waals surface area contributed by atoms with Crippen LogP contribution in [0.3, 0.4) is 0 Å². The number of carbonyl (C=O) groups is 1. The number of allylic oxidation sites excluding steroid dienone is 1. The van der Waals surface area contributed by atoms with Crippen molar-refractivity contribution in [3.8, 4) is 0 Å². The van der Waals surface area contributed by atoms with Crippen LogP contribution in [-0.2, 0) is 15.7 Å². The number of aliphatic imine (C=N–C) groups is 2. The highest BCUT2D eigenvalue weighted by Crippen LogP contribution is 2.39. The molecule has 2 aliphatic rings. The van der Waals surface area contributed by atoms with E-state index in [0.29, 0.717) is 38.4 Å². The van der Waals surface area contributed by atoms with Gasteiger partial charge in [0.1, 0.15) is 17.1 Å². The summed E-state index contributed by atoms with van der Waals surface area (Å²) in [5, 5.41) is 17.3. The zero-order valence-electron chi connectivity index (χ0n) is 22.0. The molecule has 2 aliphatic heterocycles. The number of nitrogens with one attached hydrogen (secondary N) is 5. The number of morpholine rings is 1. The lowest BCUT2D eigenvalue weighted by Crippen LogP contribution is -2.43. The van der Waals surface area contributed by atoms with Crippen LogP contribution in [0.25, 0.3) is 16.6 Å². The molecule has 212 valence electrons. The van der Waals surface area contributed by atoms with E-state index in [1.165, 1.54) is 18.5 Å². The molecule has 11 nitrogen and oxygen atoms in total. The highest BCUT2D eigenvalue weighted by Gasteiger charge is 2.37. The third kappa shape index (κ3) is 6.22. The molecule has 2 aromatic rings. The molecule has 1 amide bonds. The van der Waals surface area contributed by atoms with Gasteiger partial charge in [0.05, 0.1) is 53.4 Å². The number of ether oxygens (including phenoxy) is 1. The Kier molecular flexibility index (Phi) is 8.67. The highest BCUT2D eigenvalue weighted by atomic mass is 19.4. The summed E-state index contributed by atoms with van der Waals surface area (Å²) in [5.74, 6) is -0.537. The molecule has 0 saturated carbocycles. The maximum absolute atomic E-state index is 14.1. The molecule has 40 heavy (non-hydrogen) atoms. The second-order valence-corrected chi connectivity index (χ2v) is 9.08. The van der Waals surface area contributed by atoms with Crippen molar-refractivity contribution in [3.05, 3.63) is 53.4 Å². The number of aromatic amines is 1. The maximum atomic E-state index is 14.1. The molecular weight excluding hydrogens is 527 g/mol. The number of fused-ring (bicyclic) bond motifs is 1. The molecule has 14 heteroatoms. The lowest BCUT2D eigenvalue weighted by atomic mass is 10.0. The van der Waals surface area contributed by atoms with Gasteiger partial charge in [0, 0.05) is 44.8 Å². The number of aromatic nitrogens is 2. The van der Waals surface area contributed by atoms with Crippen molar-refractivity contribution in [1.82, 2.24) is 25.9 Å². The number of imidazole rings is 1. The van der Waals surface area contributed by atoms with E-state index in [2.05, 4.69) is 42.6 Å².